The van der Waals surface area contributed by atoms with Crippen molar-refractivity contribution in [3.05, 3.63) is 74.9 Å². The molecule has 3 amide bonds. The number of carbonyl (C=O) groups excluding carboxylic acids is 2. The molecule has 3 rings (SSSR count). The molecule has 1 heterocycles. The van der Waals surface area contributed by atoms with Crippen LogP contribution in [-0.4, -0.2) is 96.8 Å². The summed E-state index contributed by atoms with van der Waals surface area (Å²) < 4.78 is 16.6. The van der Waals surface area contributed by atoms with Gasteiger partial charge in [0.15, 0.2) is 0 Å². The molecule has 2 aromatic rings. The number of nitrogens with zero attached hydrogens (tertiary/aromatic N) is 2. The number of ether oxygens (including phenoxy) is 3. The number of benzene rings is 2. The third-order valence-corrected chi connectivity index (χ3v) is 7.78. The standard InChI is InChI=1S/C32H45Cl2N7O5/c1-41-21-28(27-18-26(33)19-30(34)29(27)22-41)24-5-4-6-25(17-24)31(40-35)20-36-9-11-44-13-15-46-16-14-45-12-10-39-32(43)38-8-3-2-7-37-23-42/h4-6,17-20,23,28,35-36H,2-3,7-16,21-22H2,1H3,(H,37,42)(H2,38,39,43)/b31-20-,40-35?/t28-/m0/s1. The fourth-order valence-electron chi connectivity index (χ4n) is 4.98. The number of carbonyl (C=O) groups is 2. The molecule has 12 nitrogen and oxygen atoms in total. The Bertz CT molecular complexity index is 1280. The Morgan fingerprint density at radius 2 is 1.65 bits per heavy atom. The molecule has 2 aromatic carbocycles. The van der Waals surface area contributed by atoms with Crippen LogP contribution in [0.2, 0.25) is 10.0 Å². The summed E-state index contributed by atoms with van der Waals surface area (Å²) in [7, 11) is 2.08. The Balaban J connectivity index is 1.26. The lowest BCUT2D eigenvalue weighted by Crippen LogP contribution is -2.38. The van der Waals surface area contributed by atoms with Gasteiger partial charge in [-0.25, -0.2) is 10.3 Å². The van der Waals surface area contributed by atoms with Crippen molar-refractivity contribution < 1.29 is 23.8 Å². The van der Waals surface area contributed by atoms with Gasteiger partial charge in [-0.3, -0.25) is 4.79 Å². The third-order valence-electron chi connectivity index (χ3n) is 7.22. The summed E-state index contributed by atoms with van der Waals surface area (Å²) in [5.41, 5.74) is 12.4. The van der Waals surface area contributed by atoms with Gasteiger partial charge in [0.25, 0.3) is 0 Å². The minimum absolute atomic E-state index is 0.0996. The zero-order valence-corrected chi connectivity index (χ0v) is 27.8. The van der Waals surface area contributed by atoms with Gasteiger partial charge in [-0.05, 0) is 54.8 Å². The Morgan fingerprint density at radius 3 is 2.39 bits per heavy atom. The topological polar surface area (TPSA) is 149 Å². The van der Waals surface area contributed by atoms with Gasteiger partial charge in [-0.15, -0.1) is 0 Å². The van der Waals surface area contributed by atoms with Crippen molar-refractivity contribution >= 4 is 41.3 Å². The molecule has 0 unspecified atom stereocenters. The van der Waals surface area contributed by atoms with Gasteiger partial charge in [-0.2, -0.15) is 5.11 Å². The molecular weight excluding hydrogens is 633 g/mol. The van der Waals surface area contributed by atoms with Crippen LogP contribution in [0.3, 0.4) is 0 Å². The SMILES string of the molecule is CN1Cc2c(Cl)cc(Cl)cc2[C@H](c2cccc(/C(=C/NCCOCCOCCOCCNC(=O)NCCCCNC=O)N=N)c2)C1. The maximum absolute atomic E-state index is 11.7. The fourth-order valence-corrected chi connectivity index (χ4v) is 5.55. The van der Waals surface area contributed by atoms with Crippen LogP contribution in [0.25, 0.3) is 5.70 Å². The average molecular weight is 679 g/mol. The van der Waals surface area contributed by atoms with Crippen molar-refractivity contribution in [1.29, 1.82) is 5.53 Å². The number of fused-ring (bicyclic) bond motifs is 1. The number of urea groups is 1. The van der Waals surface area contributed by atoms with E-state index in [4.69, 9.17) is 42.9 Å². The van der Waals surface area contributed by atoms with Crippen LogP contribution in [0.1, 0.15) is 41.0 Å². The molecule has 1 aliphatic heterocycles. The van der Waals surface area contributed by atoms with Crippen molar-refractivity contribution in [3.8, 4) is 0 Å². The Morgan fingerprint density at radius 1 is 0.957 bits per heavy atom. The normalized spacial score (nSPS) is 14.8. The predicted octanol–water partition coefficient (Wildman–Crippen LogP) is 4.36. The number of unbranched alkanes of at least 4 members (excludes halogenated alkanes) is 1. The fraction of sp³-hybridized carbons (Fsp3) is 0.500. The molecule has 5 N–H and O–H groups in total. The summed E-state index contributed by atoms with van der Waals surface area (Å²) in [6.45, 7) is 6.32. The van der Waals surface area contributed by atoms with E-state index in [0.717, 1.165) is 48.2 Å². The molecule has 252 valence electrons. The van der Waals surface area contributed by atoms with Gasteiger partial charge in [0, 0.05) is 67.0 Å². The molecule has 46 heavy (non-hydrogen) atoms. The lowest BCUT2D eigenvalue weighted by Gasteiger charge is -2.33. The summed E-state index contributed by atoms with van der Waals surface area (Å²) in [4.78, 5) is 24.1. The number of halogens is 2. The smallest absolute Gasteiger partial charge is 0.314 e. The van der Waals surface area contributed by atoms with Gasteiger partial charge >= 0.3 is 6.03 Å². The molecule has 0 aliphatic carbocycles. The molecule has 0 aromatic heterocycles. The average Bonchev–Trinajstić information content (AvgIpc) is 3.04. The molecule has 0 saturated carbocycles. The number of rotatable bonds is 22. The van der Waals surface area contributed by atoms with E-state index in [1.54, 1.807) is 12.3 Å². The minimum atomic E-state index is -0.239. The molecule has 0 bridgehead atoms. The minimum Gasteiger partial charge on any atom is -0.387 e. The molecule has 0 radical (unpaired) electrons. The Kier molecular flexibility index (Phi) is 17.4. The van der Waals surface area contributed by atoms with E-state index in [0.29, 0.717) is 88.0 Å². The van der Waals surface area contributed by atoms with Crippen LogP contribution in [-0.2, 0) is 25.5 Å². The van der Waals surface area contributed by atoms with E-state index in [-0.39, 0.29) is 11.9 Å². The van der Waals surface area contributed by atoms with Crippen molar-refractivity contribution in [2.45, 2.75) is 25.3 Å². The monoisotopic (exact) mass is 677 g/mol. The summed E-state index contributed by atoms with van der Waals surface area (Å²) in [6, 6.07) is 11.6. The second kappa shape index (κ2) is 21.5. The first-order valence-corrected chi connectivity index (χ1v) is 16.2. The summed E-state index contributed by atoms with van der Waals surface area (Å²) >= 11 is 12.9. The Hall–Kier alpha value is -3.26. The first-order valence-electron chi connectivity index (χ1n) is 15.4. The van der Waals surface area contributed by atoms with Crippen LogP contribution >= 0.6 is 23.2 Å². The Labute approximate surface area is 281 Å². The summed E-state index contributed by atoms with van der Waals surface area (Å²) in [5.74, 6) is 0.0996. The van der Waals surface area contributed by atoms with Crippen LogP contribution < -0.4 is 21.3 Å². The highest BCUT2D eigenvalue weighted by Gasteiger charge is 2.27. The second-order valence-corrected chi connectivity index (χ2v) is 11.6. The highest BCUT2D eigenvalue weighted by atomic mass is 35.5. The number of likely N-dealkylation sites (N-methyl/N-ethyl adjacent to an activating group) is 1. The maximum atomic E-state index is 11.7. The van der Waals surface area contributed by atoms with Crippen LogP contribution in [0, 0.1) is 5.53 Å². The molecule has 0 saturated heterocycles. The number of hydrogen-bond acceptors (Lipinski definition) is 9. The maximum Gasteiger partial charge on any atom is 0.314 e. The van der Waals surface area contributed by atoms with Crippen LogP contribution in [0.5, 0.6) is 0 Å². The van der Waals surface area contributed by atoms with E-state index in [9.17, 15) is 9.59 Å². The second-order valence-electron chi connectivity index (χ2n) is 10.7. The van der Waals surface area contributed by atoms with Crippen molar-refractivity contribution in [1.82, 2.24) is 26.2 Å². The van der Waals surface area contributed by atoms with Crippen molar-refractivity contribution in [2.24, 2.45) is 5.11 Å². The lowest BCUT2D eigenvalue weighted by molar-refractivity contribution is -0.109. The lowest BCUT2D eigenvalue weighted by atomic mass is 9.84. The first kappa shape index (κ1) is 37.2. The molecule has 1 atom stereocenters. The quantitative estimate of drug-likeness (QED) is 0.0706. The number of nitrogens with one attached hydrogen (secondary N) is 5. The predicted molar refractivity (Wildman–Crippen MR) is 179 cm³/mol. The van der Waals surface area contributed by atoms with Gasteiger partial charge < -0.3 is 40.4 Å². The third kappa shape index (κ3) is 13.2. The highest BCUT2D eigenvalue weighted by Crippen LogP contribution is 2.39. The summed E-state index contributed by atoms with van der Waals surface area (Å²) in [6.07, 6.45) is 4.00. The van der Waals surface area contributed by atoms with Crippen LogP contribution in [0.15, 0.2) is 47.7 Å². The molecule has 0 spiro atoms. The summed E-state index contributed by atoms with van der Waals surface area (Å²) in [5, 5.41) is 16.3. The van der Waals surface area contributed by atoms with Gasteiger partial charge in [-0.1, -0.05) is 41.4 Å². The van der Waals surface area contributed by atoms with Crippen molar-refractivity contribution in [2.75, 3.05) is 79.4 Å². The highest BCUT2D eigenvalue weighted by molar-refractivity contribution is 6.35. The largest absolute Gasteiger partial charge is 0.387 e. The molecule has 0 fully saturated rings. The number of amides is 3. The molecular formula is C32H45Cl2N7O5. The molecule has 1 aliphatic rings. The van der Waals surface area contributed by atoms with Gasteiger partial charge in [0.2, 0.25) is 6.41 Å². The van der Waals surface area contributed by atoms with Crippen LogP contribution in [0.4, 0.5) is 4.79 Å². The van der Waals surface area contributed by atoms with E-state index >= 15 is 0 Å². The van der Waals surface area contributed by atoms with E-state index in [2.05, 4.69) is 50.5 Å². The van der Waals surface area contributed by atoms with Gasteiger partial charge in [0.1, 0.15) is 5.70 Å². The van der Waals surface area contributed by atoms with E-state index < -0.39 is 0 Å². The van der Waals surface area contributed by atoms with E-state index in [1.807, 2.05) is 18.2 Å². The van der Waals surface area contributed by atoms with Gasteiger partial charge in [0.05, 0.1) is 39.6 Å². The zero-order chi connectivity index (χ0) is 33.0. The number of hydrogen-bond donors (Lipinski definition) is 5. The molecule has 14 heteroatoms. The first-order chi connectivity index (χ1) is 22.4. The van der Waals surface area contributed by atoms with E-state index in [1.165, 1.54) is 0 Å². The van der Waals surface area contributed by atoms with Crippen molar-refractivity contribution in [3.63, 3.8) is 0 Å². The zero-order valence-electron chi connectivity index (χ0n) is 26.3.